The van der Waals surface area contributed by atoms with Crippen molar-refractivity contribution in [3.8, 4) is 0 Å². The number of esters is 1. The molecule has 1 aromatic carbocycles. The highest BCUT2D eigenvalue weighted by molar-refractivity contribution is 5.86. The fourth-order valence-electron chi connectivity index (χ4n) is 1.96. The van der Waals surface area contributed by atoms with Gasteiger partial charge >= 0.3 is 5.97 Å². The molecule has 0 bridgehead atoms. The standard InChI is InChI=1S/C16H22O3/c1-4-13(14-8-6-5-7-9-14)10-15(17)11-19-16(18)12(2)3/h5-9,13,15,17H,2,4,10-11H2,1,3H3. The van der Waals surface area contributed by atoms with Crippen LogP contribution in [0.5, 0.6) is 0 Å². The summed E-state index contributed by atoms with van der Waals surface area (Å²) in [5.74, 6) is -0.175. The average Bonchev–Trinajstić information content (AvgIpc) is 2.42. The molecule has 0 heterocycles. The van der Waals surface area contributed by atoms with Gasteiger partial charge in [-0.15, -0.1) is 0 Å². The van der Waals surface area contributed by atoms with E-state index in [1.165, 1.54) is 5.56 Å². The van der Waals surface area contributed by atoms with Gasteiger partial charge in [-0.3, -0.25) is 0 Å². The van der Waals surface area contributed by atoms with Crippen LogP contribution < -0.4 is 0 Å². The van der Waals surface area contributed by atoms with Crippen LogP contribution in [0, 0.1) is 0 Å². The molecule has 0 aromatic heterocycles. The molecule has 0 radical (unpaired) electrons. The van der Waals surface area contributed by atoms with E-state index in [-0.39, 0.29) is 12.5 Å². The lowest BCUT2D eigenvalue weighted by Crippen LogP contribution is -2.21. The molecular weight excluding hydrogens is 240 g/mol. The Morgan fingerprint density at radius 2 is 2.00 bits per heavy atom. The third-order valence-electron chi connectivity index (χ3n) is 3.08. The van der Waals surface area contributed by atoms with Gasteiger partial charge in [0.25, 0.3) is 0 Å². The van der Waals surface area contributed by atoms with Crippen LogP contribution in [0.25, 0.3) is 0 Å². The van der Waals surface area contributed by atoms with Crippen LogP contribution >= 0.6 is 0 Å². The average molecular weight is 262 g/mol. The van der Waals surface area contributed by atoms with Gasteiger partial charge in [0.15, 0.2) is 0 Å². The van der Waals surface area contributed by atoms with Gasteiger partial charge in [0, 0.05) is 5.57 Å². The molecule has 2 unspecified atom stereocenters. The fraction of sp³-hybridized carbons (Fsp3) is 0.438. The number of hydrogen-bond acceptors (Lipinski definition) is 3. The SMILES string of the molecule is C=C(C)C(=O)OCC(O)CC(CC)c1ccccc1. The van der Waals surface area contributed by atoms with Crippen molar-refractivity contribution < 1.29 is 14.6 Å². The Morgan fingerprint density at radius 3 is 2.53 bits per heavy atom. The zero-order valence-electron chi connectivity index (χ0n) is 11.6. The molecule has 1 N–H and O–H groups in total. The number of ether oxygens (including phenoxy) is 1. The summed E-state index contributed by atoms with van der Waals surface area (Å²) in [5.41, 5.74) is 1.55. The molecule has 0 aliphatic rings. The third-order valence-corrected chi connectivity index (χ3v) is 3.08. The van der Waals surface area contributed by atoms with Crippen molar-refractivity contribution in [1.82, 2.24) is 0 Å². The van der Waals surface area contributed by atoms with E-state index in [9.17, 15) is 9.90 Å². The van der Waals surface area contributed by atoms with Crippen molar-refractivity contribution >= 4 is 5.97 Å². The number of hydrogen-bond donors (Lipinski definition) is 1. The summed E-state index contributed by atoms with van der Waals surface area (Å²) in [7, 11) is 0. The van der Waals surface area contributed by atoms with Crippen LogP contribution in [0.1, 0.15) is 38.2 Å². The monoisotopic (exact) mass is 262 g/mol. The number of benzene rings is 1. The van der Waals surface area contributed by atoms with Gasteiger partial charge in [-0.25, -0.2) is 4.79 Å². The van der Waals surface area contributed by atoms with E-state index >= 15 is 0 Å². The Kier molecular flexibility index (Phi) is 6.30. The molecule has 104 valence electrons. The summed E-state index contributed by atoms with van der Waals surface area (Å²) < 4.78 is 4.96. The lowest BCUT2D eigenvalue weighted by Gasteiger charge is -2.19. The van der Waals surface area contributed by atoms with Crippen molar-refractivity contribution in [3.63, 3.8) is 0 Å². The maximum absolute atomic E-state index is 11.2. The Labute approximate surface area is 114 Å². The van der Waals surface area contributed by atoms with Crippen molar-refractivity contribution in [2.45, 2.75) is 38.7 Å². The Hall–Kier alpha value is -1.61. The molecule has 3 heteroatoms. The van der Waals surface area contributed by atoms with E-state index in [4.69, 9.17) is 4.74 Å². The zero-order chi connectivity index (χ0) is 14.3. The number of aliphatic hydroxyl groups is 1. The number of carbonyl (C=O) groups is 1. The first-order chi connectivity index (χ1) is 9.04. The highest BCUT2D eigenvalue weighted by Gasteiger charge is 2.16. The summed E-state index contributed by atoms with van der Waals surface area (Å²) in [6, 6.07) is 10.1. The van der Waals surface area contributed by atoms with Crippen LogP contribution in [-0.2, 0) is 9.53 Å². The fourth-order valence-corrected chi connectivity index (χ4v) is 1.96. The van der Waals surface area contributed by atoms with Gasteiger partial charge in [0.2, 0.25) is 0 Å². The Balaban J connectivity index is 2.48. The highest BCUT2D eigenvalue weighted by atomic mass is 16.5. The summed E-state index contributed by atoms with van der Waals surface area (Å²) in [6.45, 7) is 7.20. The zero-order valence-corrected chi connectivity index (χ0v) is 11.6. The molecule has 0 aliphatic heterocycles. The Morgan fingerprint density at radius 1 is 1.37 bits per heavy atom. The molecule has 0 saturated heterocycles. The van der Waals surface area contributed by atoms with Crippen molar-refractivity contribution in [1.29, 1.82) is 0 Å². The minimum Gasteiger partial charge on any atom is -0.460 e. The normalized spacial score (nSPS) is 13.6. The second-order valence-electron chi connectivity index (χ2n) is 4.78. The van der Waals surface area contributed by atoms with Crippen LogP contribution in [-0.4, -0.2) is 23.8 Å². The largest absolute Gasteiger partial charge is 0.460 e. The van der Waals surface area contributed by atoms with Crippen molar-refractivity contribution in [2.24, 2.45) is 0 Å². The molecule has 0 amide bonds. The van der Waals surface area contributed by atoms with E-state index in [0.717, 1.165) is 6.42 Å². The second kappa shape index (κ2) is 7.74. The maximum Gasteiger partial charge on any atom is 0.333 e. The van der Waals surface area contributed by atoms with Crippen LogP contribution in [0.3, 0.4) is 0 Å². The molecular formula is C16H22O3. The number of aliphatic hydroxyl groups excluding tert-OH is 1. The van der Waals surface area contributed by atoms with Gasteiger partial charge < -0.3 is 9.84 Å². The molecule has 1 rings (SSSR count). The first kappa shape index (κ1) is 15.4. The molecule has 2 atom stereocenters. The minimum absolute atomic E-state index is 0.0228. The quantitative estimate of drug-likeness (QED) is 0.607. The van der Waals surface area contributed by atoms with Crippen molar-refractivity contribution in [3.05, 3.63) is 48.0 Å². The molecule has 0 aliphatic carbocycles. The maximum atomic E-state index is 11.2. The summed E-state index contributed by atoms with van der Waals surface area (Å²) in [6.07, 6.45) is 0.882. The molecule has 0 saturated carbocycles. The van der Waals surface area contributed by atoms with Crippen LogP contribution in [0.15, 0.2) is 42.5 Å². The van der Waals surface area contributed by atoms with E-state index < -0.39 is 12.1 Å². The first-order valence-electron chi connectivity index (χ1n) is 6.60. The molecule has 19 heavy (non-hydrogen) atoms. The lowest BCUT2D eigenvalue weighted by molar-refractivity contribution is -0.142. The Bertz CT molecular complexity index is 411. The van der Waals surface area contributed by atoms with Gasteiger partial charge in [-0.1, -0.05) is 43.8 Å². The van der Waals surface area contributed by atoms with Crippen molar-refractivity contribution in [2.75, 3.05) is 6.61 Å². The summed E-state index contributed by atoms with van der Waals surface area (Å²) in [4.78, 5) is 11.2. The minimum atomic E-state index is -0.645. The molecule has 3 nitrogen and oxygen atoms in total. The van der Waals surface area contributed by atoms with Gasteiger partial charge in [0.05, 0.1) is 6.10 Å². The lowest BCUT2D eigenvalue weighted by atomic mass is 9.91. The highest BCUT2D eigenvalue weighted by Crippen LogP contribution is 2.24. The molecule has 0 spiro atoms. The number of rotatable bonds is 7. The predicted octanol–water partition coefficient (Wildman–Crippen LogP) is 3.05. The molecule has 1 aromatic rings. The van der Waals surface area contributed by atoms with E-state index in [1.54, 1.807) is 6.92 Å². The second-order valence-corrected chi connectivity index (χ2v) is 4.78. The van der Waals surface area contributed by atoms with E-state index in [1.807, 2.05) is 18.2 Å². The van der Waals surface area contributed by atoms with E-state index in [0.29, 0.717) is 12.0 Å². The first-order valence-corrected chi connectivity index (χ1v) is 6.60. The van der Waals surface area contributed by atoms with Gasteiger partial charge in [-0.05, 0) is 31.2 Å². The van der Waals surface area contributed by atoms with Crippen LogP contribution in [0.2, 0.25) is 0 Å². The van der Waals surface area contributed by atoms with Gasteiger partial charge in [-0.2, -0.15) is 0 Å². The van der Waals surface area contributed by atoms with Crippen LogP contribution in [0.4, 0.5) is 0 Å². The smallest absolute Gasteiger partial charge is 0.333 e. The third kappa shape index (κ3) is 5.26. The summed E-state index contributed by atoms with van der Waals surface area (Å²) >= 11 is 0. The predicted molar refractivity (Wildman–Crippen MR) is 75.9 cm³/mol. The van der Waals surface area contributed by atoms with E-state index in [2.05, 4.69) is 25.6 Å². The number of carbonyl (C=O) groups excluding carboxylic acids is 1. The molecule has 0 fully saturated rings. The topological polar surface area (TPSA) is 46.5 Å². The van der Waals surface area contributed by atoms with Gasteiger partial charge in [0.1, 0.15) is 6.61 Å². The summed E-state index contributed by atoms with van der Waals surface area (Å²) in [5, 5.41) is 9.94.